The number of nitrogens with two attached hydrogens (primary N) is 1. The highest BCUT2D eigenvalue weighted by molar-refractivity contribution is 7.89. The van der Waals surface area contributed by atoms with E-state index in [1.165, 1.54) is 6.07 Å². The fourth-order valence-electron chi connectivity index (χ4n) is 3.29. The molecule has 30 heavy (non-hydrogen) atoms. The molecule has 9 heteroatoms. The Morgan fingerprint density at radius 3 is 2.73 bits per heavy atom. The third-order valence-corrected chi connectivity index (χ3v) is 5.82. The Bertz CT molecular complexity index is 1070. The average molecular weight is 432 g/mol. The fourth-order valence-corrected chi connectivity index (χ4v) is 4.15. The van der Waals surface area contributed by atoms with Gasteiger partial charge in [0.1, 0.15) is 5.75 Å². The Hall–Kier alpha value is -2.91. The van der Waals surface area contributed by atoms with Crippen LogP contribution >= 0.6 is 0 Å². The van der Waals surface area contributed by atoms with Crippen molar-refractivity contribution in [2.24, 2.45) is 5.14 Å². The predicted octanol–water partition coefficient (Wildman–Crippen LogP) is 2.58. The number of carbonyl (C=O) groups is 2. The van der Waals surface area contributed by atoms with Crippen molar-refractivity contribution in [2.45, 2.75) is 43.9 Å². The summed E-state index contributed by atoms with van der Waals surface area (Å²) in [5.41, 5.74) is 2.84. The van der Waals surface area contributed by atoms with Crippen LogP contribution in [0.5, 0.6) is 5.75 Å². The number of anilines is 2. The second-order valence-corrected chi connectivity index (χ2v) is 8.62. The molecule has 0 saturated carbocycles. The number of amides is 2. The van der Waals surface area contributed by atoms with Crippen molar-refractivity contribution in [3.63, 3.8) is 0 Å². The predicted molar refractivity (Wildman–Crippen MR) is 114 cm³/mol. The smallest absolute Gasteiger partial charge is 0.238 e. The first-order valence-electron chi connectivity index (χ1n) is 9.77. The van der Waals surface area contributed by atoms with E-state index in [1.54, 1.807) is 18.2 Å². The number of sulfonamides is 1. The second-order valence-electron chi connectivity index (χ2n) is 7.09. The molecule has 8 nitrogen and oxygen atoms in total. The highest BCUT2D eigenvalue weighted by atomic mass is 32.2. The van der Waals surface area contributed by atoms with Crippen LogP contribution in [0.2, 0.25) is 0 Å². The molecule has 3 rings (SSSR count). The van der Waals surface area contributed by atoms with Gasteiger partial charge in [-0.15, -0.1) is 0 Å². The van der Waals surface area contributed by atoms with E-state index in [-0.39, 0.29) is 23.1 Å². The molecule has 0 radical (unpaired) electrons. The van der Waals surface area contributed by atoms with E-state index >= 15 is 0 Å². The maximum Gasteiger partial charge on any atom is 0.238 e. The van der Waals surface area contributed by atoms with E-state index in [2.05, 4.69) is 10.6 Å². The molecule has 0 atom stereocenters. The number of hydrogen-bond acceptors (Lipinski definition) is 5. The zero-order valence-electron chi connectivity index (χ0n) is 16.7. The second kappa shape index (κ2) is 9.27. The molecular formula is C21H25N3O5S. The topological polar surface area (TPSA) is 128 Å². The lowest BCUT2D eigenvalue weighted by molar-refractivity contribution is -0.117. The molecule has 2 amide bonds. The van der Waals surface area contributed by atoms with Gasteiger partial charge in [-0.1, -0.05) is 13.0 Å². The Morgan fingerprint density at radius 2 is 2.00 bits per heavy atom. The van der Waals surface area contributed by atoms with Gasteiger partial charge >= 0.3 is 0 Å². The van der Waals surface area contributed by atoms with Crippen LogP contribution in [-0.2, 0) is 32.5 Å². The van der Waals surface area contributed by atoms with Crippen molar-refractivity contribution in [1.29, 1.82) is 0 Å². The van der Waals surface area contributed by atoms with Gasteiger partial charge in [0.2, 0.25) is 21.8 Å². The molecule has 0 saturated heterocycles. The van der Waals surface area contributed by atoms with Gasteiger partial charge < -0.3 is 15.4 Å². The van der Waals surface area contributed by atoms with Gasteiger partial charge in [0, 0.05) is 24.2 Å². The molecule has 4 N–H and O–H groups in total. The number of rotatable bonds is 8. The van der Waals surface area contributed by atoms with Crippen LogP contribution in [0.4, 0.5) is 11.4 Å². The van der Waals surface area contributed by atoms with E-state index in [1.807, 2.05) is 19.1 Å². The number of ether oxygens (including phenoxy) is 1. The molecule has 1 heterocycles. The molecule has 0 unspecified atom stereocenters. The summed E-state index contributed by atoms with van der Waals surface area (Å²) in [5.74, 6) is 0.470. The lowest BCUT2D eigenvalue weighted by atomic mass is 10.0. The number of aryl methyl sites for hydroxylation is 2. The molecule has 160 valence electrons. The monoisotopic (exact) mass is 431 g/mol. The largest absolute Gasteiger partial charge is 0.494 e. The van der Waals surface area contributed by atoms with Gasteiger partial charge in [-0.3, -0.25) is 9.59 Å². The lowest BCUT2D eigenvalue weighted by Crippen LogP contribution is -2.18. The maximum absolute atomic E-state index is 12.2. The zero-order chi connectivity index (χ0) is 21.7. The van der Waals surface area contributed by atoms with Crippen molar-refractivity contribution in [1.82, 2.24) is 0 Å². The number of hydrogen-bond donors (Lipinski definition) is 3. The van der Waals surface area contributed by atoms with Gasteiger partial charge in [0.15, 0.2) is 0 Å². The fraction of sp³-hybridized carbons (Fsp3) is 0.333. The minimum atomic E-state index is -3.86. The molecule has 2 aromatic carbocycles. The van der Waals surface area contributed by atoms with Crippen molar-refractivity contribution in [2.75, 3.05) is 17.2 Å². The van der Waals surface area contributed by atoms with Crippen LogP contribution in [0.25, 0.3) is 0 Å². The summed E-state index contributed by atoms with van der Waals surface area (Å²) in [5, 5.41) is 10.8. The first-order valence-corrected chi connectivity index (χ1v) is 11.3. The van der Waals surface area contributed by atoms with Gasteiger partial charge in [0.25, 0.3) is 0 Å². The van der Waals surface area contributed by atoms with Crippen LogP contribution in [0.15, 0.2) is 41.3 Å². The van der Waals surface area contributed by atoms with Crippen molar-refractivity contribution < 1.29 is 22.7 Å². The molecular weight excluding hydrogens is 406 g/mol. The lowest BCUT2D eigenvalue weighted by Gasteiger charge is -2.17. The van der Waals surface area contributed by atoms with E-state index in [4.69, 9.17) is 9.88 Å². The molecule has 0 aliphatic carbocycles. The molecule has 0 aromatic heterocycles. The van der Waals surface area contributed by atoms with Gasteiger partial charge in [-0.2, -0.15) is 0 Å². The Morgan fingerprint density at radius 1 is 1.20 bits per heavy atom. The van der Waals surface area contributed by atoms with Gasteiger partial charge in [-0.25, -0.2) is 13.6 Å². The first kappa shape index (κ1) is 21.8. The summed E-state index contributed by atoms with van der Waals surface area (Å²) in [6, 6.07) is 10.2. The maximum atomic E-state index is 12.2. The summed E-state index contributed by atoms with van der Waals surface area (Å²) in [7, 11) is -3.86. The Kier molecular flexibility index (Phi) is 6.73. The number of primary sulfonamides is 1. The number of fused-ring (bicyclic) bond motifs is 1. The van der Waals surface area contributed by atoms with Crippen LogP contribution in [-0.4, -0.2) is 26.8 Å². The van der Waals surface area contributed by atoms with Crippen LogP contribution in [0.3, 0.4) is 0 Å². The summed E-state index contributed by atoms with van der Waals surface area (Å²) < 4.78 is 29.2. The van der Waals surface area contributed by atoms with E-state index < -0.39 is 10.0 Å². The van der Waals surface area contributed by atoms with Crippen molar-refractivity contribution in [3.8, 4) is 5.75 Å². The van der Waals surface area contributed by atoms with E-state index in [0.29, 0.717) is 49.3 Å². The number of carbonyl (C=O) groups excluding carboxylic acids is 2. The molecule has 0 spiro atoms. The van der Waals surface area contributed by atoms with Gasteiger partial charge in [-0.05, 0) is 60.7 Å². The quantitative estimate of drug-likeness (QED) is 0.554. The van der Waals surface area contributed by atoms with Crippen LogP contribution < -0.4 is 20.5 Å². The summed E-state index contributed by atoms with van der Waals surface area (Å²) in [6.07, 6.45) is 2.38. The Labute approximate surface area is 175 Å². The highest BCUT2D eigenvalue weighted by Gasteiger charge is 2.16. The van der Waals surface area contributed by atoms with E-state index in [9.17, 15) is 18.0 Å². The zero-order valence-corrected chi connectivity index (χ0v) is 17.6. The van der Waals surface area contributed by atoms with Crippen molar-refractivity contribution >= 4 is 33.2 Å². The standard InChI is InChI=1S/C21H25N3O5S/c1-2-14-5-7-16(13-19(14)30(22,27)28)23-20(25)4-3-11-29-17-8-9-18-15(12-17)6-10-21(26)24-18/h5,7-9,12-13H,2-4,6,10-11H2,1H3,(H,23,25)(H,24,26)(H2,22,27,28). The molecule has 1 aliphatic heterocycles. The van der Waals surface area contributed by atoms with E-state index in [0.717, 1.165) is 11.3 Å². The highest BCUT2D eigenvalue weighted by Crippen LogP contribution is 2.27. The normalized spacial score (nSPS) is 13.3. The summed E-state index contributed by atoms with van der Waals surface area (Å²) in [6.45, 7) is 2.19. The molecule has 0 fully saturated rings. The molecule has 0 bridgehead atoms. The third kappa shape index (κ3) is 5.58. The number of benzene rings is 2. The van der Waals surface area contributed by atoms with Gasteiger partial charge in [0.05, 0.1) is 11.5 Å². The summed E-state index contributed by atoms with van der Waals surface area (Å²) in [4.78, 5) is 23.6. The Balaban J connectivity index is 1.49. The van der Waals surface area contributed by atoms with Crippen LogP contribution in [0.1, 0.15) is 37.3 Å². The minimum absolute atomic E-state index is 0.0164. The third-order valence-electron chi connectivity index (χ3n) is 4.83. The van der Waals surface area contributed by atoms with Crippen molar-refractivity contribution in [3.05, 3.63) is 47.5 Å². The first-order chi connectivity index (χ1) is 14.3. The molecule has 2 aromatic rings. The van der Waals surface area contributed by atoms with Crippen LogP contribution in [0, 0.1) is 0 Å². The minimum Gasteiger partial charge on any atom is -0.494 e. The summed E-state index contributed by atoms with van der Waals surface area (Å²) >= 11 is 0. The molecule has 1 aliphatic rings. The SMILES string of the molecule is CCc1ccc(NC(=O)CCCOc2ccc3c(c2)CCC(=O)N3)cc1S(N)(=O)=O. The number of nitrogens with one attached hydrogen (secondary N) is 2. The average Bonchev–Trinajstić information content (AvgIpc) is 2.70.